The van der Waals surface area contributed by atoms with E-state index in [1.165, 1.54) is 12.3 Å². The van der Waals surface area contributed by atoms with E-state index in [0.29, 0.717) is 17.9 Å². The van der Waals surface area contributed by atoms with Gasteiger partial charge in [0.05, 0.1) is 18.4 Å². The molecule has 0 spiro atoms. The van der Waals surface area contributed by atoms with Gasteiger partial charge >= 0.3 is 0 Å². The summed E-state index contributed by atoms with van der Waals surface area (Å²) in [5, 5.41) is 0. The van der Waals surface area contributed by atoms with Crippen molar-refractivity contribution in [1.29, 1.82) is 0 Å². The summed E-state index contributed by atoms with van der Waals surface area (Å²) in [6, 6.07) is 7.29. The van der Waals surface area contributed by atoms with Crippen molar-refractivity contribution in [2.24, 2.45) is 5.73 Å². The third-order valence-electron chi connectivity index (χ3n) is 2.84. The van der Waals surface area contributed by atoms with Crippen molar-refractivity contribution in [1.82, 2.24) is 9.97 Å². The minimum atomic E-state index is -0.369. The van der Waals surface area contributed by atoms with Gasteiger partial charge in [0.15, 0.2) is 0 Å². The second kappa shape index (κ2) is 5.75. The summed E-state index contributed by atoms with van der Waals surface area (Å²) >= 11 is 0. The first-order valence-electron chi connectivity index (χ1n) is 6.08. The second-order valence-electron chi connectivity index (χ2n) is 4.47. The molecule has 2 aromatic heterocycles. The van der Waals surface area contributed by atoms with Gasteiger partial charge < -0.3 is 10.6 Å². The first kappa shape index (κ1) is 13.4. The third-order valence-corrected chi connectivity index (χ3v) is 2.84. The van der Waals surface area contributed by atoms with Crippen LogP contribution >= 0.6 is 0 Å². The normalized spacial score (nSPS) is 10.5. The topological polar surface area (TPSA) is 55.0 Å². The Labute approximate surface area is 112 Å². The number of aryl methyl sites for hydroxylation is 1. The van der Waals surface area contributed by atoms with E-state index < -0.39 is 0 Å². The Morgan fingerprint density at radius 2 is 2.16 bits per heavy atom. The van der Waals surface area contributed by atoms with E-state index in [2.05, 4.69) is 9.97 Å². The van der Waals surface area contributed by atoms with E-state index in [-0.39, 0.29) is 12.4 Å². The largest absolute Gasteiger partial charge is 0.354 e. The fraction of sp³-hybridized carbons (Fsp3) is 0.286. The maximum atomic E-state index is 13.1. The fourth-order valence-corrected chi connectivity index (χ4v) is 1.97. The number of pyridine rings is 2. The Kier molecular flexibility index (Phi) is 4.06. The van der Waals surface area contributed by atoms with Gasteiger partial charge in [0.2, 0.25) is 0 Å². The van der Waals surface area contributed by atoms with Crippen molar-refractivity contribution in [3.8, 4) is 0 Å². The molecule has 0 fully saturated rings. The maximum Gasteiger partial charge on any atom is 0.141 e. The zero-order valence-electron chi connectivity index (χ0n) is 11.1. The van der Waals surface area contributed by atoms with E-state index in [1.807, 2.05) is 37.1 Å². The molecule has 5 heteroatoms. The molecule has 0 bridgehead atoms. The van der Waals surface area contributed by atoms with Crippen LogP contribution in [-0.2, 0) is 13.1 Å². The molecule has 0 radical (unpaired) electrons. The lowest BCUT2D eigenvalue weighted by molar-refractivity contribution is 0.617. The summed E-state index contributed by atoms with van der Waals surface area (Å²) < 4.78 is 13.1. The molecule has 2 N–H and O–H groups in total. The highest BCUT2D eigenvalue weighted by molar-refractivity contribution is 5.46. The van der Waals surface area contributed by atoms with Gasteiger partial charge in [-0.3, -0.25) is 4.98 Å². The van der Waals surface area contributed by atoms with Crippen LogP contribution < -0.4 is 10.6 Å². The van der Waals surface area contributed by atoms with Crippen LogP contribution in [0.5, 0.6) is 0 Å². The average molecular weight is 260 g/mol. The van der Waals surface area contributed by atoms with Crippen LogP contribution in [-0.4, -0.2) is 17.0 Å². The Morgan fingerprint density at radius 3 is 2.84 bits per heavy atom. The Hall–Kier alpha value is -2.01. The molecule has 2 aromatic rings. The number of aromatic nitrogens is 2. The lowest BCUT2D eigenvalue weighted by Gasteiger charge is -2.20. The Balaban J connectivity index is 2.22. The molecule has 0 saturated carbocycles. The van der Waals surface area contributed by atoms with Gasteiger partial charge in [0.1, 0.15) is 11.6 Å². The number of hydrogen-bond acceptors (Lipinski definition) is 4. The highest BCUT2D eigenvalue weighted by Gasteiger charge is 2.10. The van der Waals surface area contributed by atoms with Gasteiger partial charge in [-0.2, -0.15) is 0 Å². The van der Waals surface area contributed by atoms with Gasteiger partial charge in [-0.1, -0.05) is 6.07 Å². The SMILES string of the molecule is Cc1cccc(CN(C)c2ncc(F)cc2CN)n1. The number of anilines is 1. The highest BCUT2D eigenvalue weighted by Crippen LogP contribution is 2.18. The number of halogens is 1. The molecular weight excluding hydrogens is 243 g/mol. The van der Waals surface area contributed by atoms with Crippen LogP contribution in [0, 0.1) is 12.7 Å². The molecule has 0 aliphatic rings. The van der Waals surface area contributed by atoms with Gasteiger partial charge in [-0.15, -0.1) is 0 Å². The molecule has 19 heavy (non-hydrogen) atoms. The van der Waals surface area contributed by atoms with Crippen LogP contribution in [0.4, 0.5) is 10.2 Å². The summed E-state index contributed by atoms with van der Waals surface area (Å²) in [6.45, 7) is 2.81. The van der Waals surface area contributed by atoms with E-state index in [9.17, 15) is 4.39 Å². The predicted octanol–water partition coefficient (Wildman–Crippen LogP) is 2.02. The molecule has 100 valence electrons. The first-order valence-corrected chi connectivity index (χ1v) is 6.08. The van der Waals surface area contributed by atoms with Gasteiger partial charge in [-0.25, -0.2) is 9.37 Å². The molecule has 0 unspecified atom stereocenters. The number of nitrogens with two attached hydrogens (primary N) is 1. The van der Waals surface area contributed by atoms with Crippen molar-refractivity contribution in [2.45, 2.75) is 20.0 Å². The zero-order chi connectivity index (χ0) is 13.8. The molecule has 2 heterocycles. The maximum absolute atomic E-state index is 13.1. The summed E-state index contributed by atoms with van der Waals surface area (Å²) in [4.78, 5) is 10.5. The molecule has 0 atom stereocenters. The number of nitrogens with zero attached hydrogens (tertiary/aromatic N) is 3. The minimum Gasteiger partial charge on any atom is -0.354 e. The van der Waals surface area contributed by atoms with Crippen LogP contribution in [0.25, 0.3) is 0 Å². The van der Waals surface area contributed by atoms with Crippen molar-refractivity contribution in [3.63, 3.8) is 0 Å². The second-order valence-corrected chi connectivity index (χ2v) is 4.47. The van der Waals surface area contributed by atoms with Crippen LogP contribution in [0.2, 0.25) is 0 Å². The van der Waals surface area contributed by atoms with E-state index in [4.69, 9.17) is 5.73 Å². The van der Waals surface area contributed by atoms with E-state index >= 15 is 0 Å². The zero-order valence-corrected chi connectivity index (χ0v) is 11.1. The molecule has 0 saturated heterocycles. The van der Waals surface area contributed by atoms with Crippen molar-refractivity contribution in [2.75, 3.05) is 11.9 Å². The lowest BCUT2D eigenvalue weighted by Crippen LogP contribution is -2.21. The van der Waals surface area contributed by atoms with E-state index in [1.54, 1.807) is 0 Å². The molecule has 0 aromatic carbocycles. The van der Waals surface area contributed by atoms with Gasteiger partial charge in [-0.05, 0) is 25.1 Å². The summed E-state index contributed by atoms with van der Waals surface area (Å²) in [6.07, 6.45) is 1.20. The smallest absolute Gasteiger partial charge is 0.141 e. The monoisotopic (exact) mass is 260 g/mol. The van der Waals surface area contributed by atoms with Crippen molar-refractivity contribution < 1.29 is 4.39 Å². The molecule has 0 aliphatic carbocycles. The first-order chi connectivity index (χ1) is 9.10. The Bertz CT molecular complexity index is 571. The van der Waals surface area contributed by atoms with Crippen LogP contribution in [0.3, 0.4) is 0 Å². The number of hydrogen-bond donors (Lipinski definition) is 1. The van der Waals surface area contributed by atoms with Gasteiger partial charge in [0.25, 0.3) is 0 Å². The van der Waals surface area contributed by atoms with Gasteiger partial charge in [0, 0.05) is 24.8 Å². The average Bonchev–Trinajstić information content (AvgIpc) is 2.38. The molecule has 0 amide bonds. The summed E-state index contributed by atoms with van der Waals surface area (Å²) in [5.74, 6) is 0.318. The minimum absolute atomic E-state index is 0.256. The number of rotatable bonds is 4. The van der Waals surface area contributed by atoms with Crippen molar-refractivity contribution >= 4 is 5.82 Å². The molecule has 0 aliphatic heterocycles. The fourth-order valence-electron chi connectivity index (χ4n) is 1.97. The third kappa shape index (κ3) is 3.26. The summed E-state index contributed by atoms with van der Waals surface area (Å²) in [5.41, 5.74) is 8.23. The molecular formula is C14H17FN4. The standard InChI is InChI=1S/C14H17FN4/c1-10-4-3-5-13(18-10)9-19(2)14-11(7-16)6-12(15)8-17-14/h3-6,8H,7,9,16H2,1-2H3. The Morgan fingerprint density at radius 1 is 1.37 bits per heavy atom. The van der Waals surface area contributed by atoms with Crippen molar-refractivity contribution in [3.05, 3.63) is 53.2 Å². The highest BCUT2D eigenvalue weighted by atomic mass is 19.1. The molecule has 2 rings (SSSR count). The molecule has 4 nitrogen and oxygen atoms in total. The van der Waals surface area contributed by atoms with Crippen LogP contribution in [0.15, 0.2) is 30.5 Å². The lowest BCUT2D eigenvalue weighted by atomic mass is 10.2. The predicted molar refractivity (Wildman–Crippen MR) is 73.2 cm³/mol. The summed E-state index contributed by atoms with van der Waals surface area (Å²) in [7, 11) is 1.89. The quantitative estimate of drug-likeness (QED) is 0.913. The van der Waals surface area contributed by atoms with Crippen LogP contribution in [0.1, 0.15) is 17.0 Å². The van der Waals surface area contributed by atoms with E-state index in [0.717, 1.165) is 11.4 Å².